The molecule has 0 heterocycles. The second-order valence-corrected chi connectivity index (χ2v) is 5.58. The molecule has 0 bridgehead atoms. The number of hydrogen-bond donors (Lipinski definition) is 1. The molecule has 0 radical (unpaired) electrons. The Morgan fingerprint density at radius 3 is 2.19 bits per heavy atom. The van der Waals surface area contributed by atoms with Crippen LogP contribution in [0.4, 0.5) is 5.69 Å². The summed E-state index contributed by atoms with van der Waals surface area (Å²) in [4.78, 5) is 0. The lowest BCUT2D eigenvalue weighted by Crippen LogP contribution is -2.10. The molecule has 2 nitrogen and oxygen atoms in total. The second kappa shape index (κ2) is 7.16. The molecule has 0 aromatic heterocycles. The summed E-state index contributed by atoms with van der Waals surface area (Å²) >= 11 is 0. The quantitative estimate of drug-likeness (QED) is 0.768. The van der Waals surface area contributed by atoms with Crippen LogP contribution in [0.25, 0.3) is 0 Å². The molecule has 2 rings (SSSR count). The van der Waals surface area contributed by atoms with Crippen LogP contribution in [0.3, 0.4) is 0 Å². The van der Waals surface area contributed by atoms with Crippen LogP contribution >= 0.6 is 0 Å². The lowest BCUT2D eigenvalue weighted by atomic mass is 10.00. The summed E-state index contributed by atoms with van der Waals surface area (Å²) in [5, 5.41) is 3.63. The van der Waals surface area contributed by atoms with Gasteiger partial charge in [-0.15, -0.1) is 0 Å². The Bertz CT molecular complexity index is 577. The van der Waals surface area contributed by atoms with E-state index in [1.54, 1.807) is 0 Å². The third kappa shape index (κ3) is 3.78. The normalized spacial score (nSPS) is 12.2. The van der Waals surface area contributed by atoms with E-state index in [9.17, 15) is 0 Å². The van der Waals surface area contributed by atoms with Crippen molar-refractivity contribution in [1.29, 1.82) is 0 Å². The average Bonchev–Trinajstić information content (AvgIpc) is 2.48. The number of nitrogens with one attached hydrogen (secondary N) is 1. The molecule has 2 aromatic carbocycles. The van der Waals surface area contributed by atoms with Gasteiger partial charge in [-0.2, -0.15) is 0 Å². The Morgan fingerprint density at radius 1 is 0.905 bits per heavy atom. The van der Waals surface area contributed by atoms with Crippen LogP contribution in [-0.2, 0) is 0 Å². The van der Waals surface area contributed by atoms with Crippen LogP contribution in [0.5, 0.6) is 5.75 Å². The minimum absolute atomic E-state index is 0.202. The lowest BCUT2D eigenvalue weighted by molar-refractivity contribution is 0.335. The summed E-state index contributed by atoms with van der Waals surface area (Å²) in [7, 11) is 0. The number of hydrogen-bond acceptors (Lipinski definition) is 2. The van der Waals surface area contributed by atoms with Gasteiger partial charge >= 0.3 is 0 Å². The number of ether oxygens (including phenoxy) is 1. The Morgan fingerprint density at radius 2 is 1.52 bits per heavy atom. The van der Waals surface area contributed by atoms with Crippen LogP contribution in [-0.4, -0.2) is 6.61 Å². The fourth-order valence-electron chi connectivity index (χ4n) is 2.57. The summed E-state index contributed by atoms with van der Waals surface area (Å²) in [6, 6.07) is 16.9. The zero-order valence-electron chi connectivity index (χ0n) is 13.4. The standard InChI is InChI=1S/C19H25NO/c1-5-21-19-13-9-7-11-17(19)15(4)20-18-12-8-6-10-16(18)14(2)3/h6-15,20H,5H2,1-4H3. The predicted octanol–water partition coefficient (Wildman–Crippen LogP) is 5.38. The smallest absolute Gasteiger partial charge is 0.124 e. The molecule has 2 aromatic rings. The molecule has 2 heteroatoms. The fraction of sp³-hybridized carbons (Fsp3) is 0.368. The third-order valence-electron chi connectivity index (χ3n) is 3.64. The van der Waals surface area contributed by atoms with Gasteiger partial charge in [-0.3, -0.25) is 0 Å². The van der Waals surface area contributed by atoms with E-state index < -0.39 is 0 Å². The Labute approximate surface area is 128 Å². The van der Waals surface area contributed by atoms with Crippen molar-refractivity contribution in [3.8, 4) is 5.75 Å². The van der Waals surface area contributed by atoms with E-state index in [2.05, 4.69) is 62.5 Å². The molecule has 0 spiro atoms. The highest BCUT2D eigenvalue weighted by molar-refractivity contribution is 5.54. The van der Waals surface area contributed by atoms with Crippen molar-refractivity contribution in [1.82, 2.24) is 0 Å². The molecule has 1 atom stereocenters. The summed E-state index contributed by atoms with van der Waals surface area (Å²) in [6.45, 7) is 9.32. The highest BCUT2D eigenvalue weighted by Gasteiger charge is 2.13. The van der Waals surface area contributed by atoms with E-state index in [-0.39, 0.29) is 6.04 Å². The van der Waals surface area contributed by atoms with Gasteiger partial charge in [0.1, 0.15) is 5.75 Å². The van der Waals surface area contributed by atoms with Gasteiger partial charge in [0.2, 0.25) is 0 Å². The molecular weight excluding hydrogens is 258 g/mol. The number of anilines is 1. The van der Waals surface area contributed by atoms with E-state index in [4.69, 9.17) is 4.74 Å². The average molecular weight is 283 g/mol. The van der Waals surface area contributed by atoms with Crippen LogP contribution in [0.2, 0.25) is 0 Å². The van der Waals surface area contributed by atoms with Crippen LogP contribution < -0.4 is 10.1 Å². The van der Waals surface area contributed by atoms with Crippen molar-refractivity contribution in [2.45, 2.75) is 39.7 Å². The molecule has 0 fully saturated rings. The third-order valence-corrected chi connectivity index (χ3v) is 3.64. The molecule has 0 aliphatic rings. The minimum atomic E-state index is 0.202. The Hall–Kier alpha value is -1.96. The molecular formula is C19H25NO. The first-order valence-corrected chi connectivity index (χ1v) is 7.70. The van der Waals surface area contributed by atoms with Crippen LogP contribution in [0.1, 0.15) is 50.8 Å². The second-order valence-electron chi connectivity index (χ2n) is 5.58. The first-order valence-electron chi connectivity index (χ1n) is 7.70. The fourth-order valence-corrected chi connectivity index (χ4v) is 2.57. The SMILES string of the molecule is CCOc1ccccc1C(C)Nc1ccccc1C(C)C. The minimum Gasteiger partial charge on any atom is -0.494 e. The lowest BCUT2D eigenvalue weighted by Gasteiger charge is -2.22. The molecule has 21 heavy (non-hydrogen) atoms. The van der Waals surface area contributed by atoms with Crippen molar-refractivity contribution in [2.24, 2.45) is 0 Å². The predicted molar refractivity (Wildman–Crippen MR) is 90.2 cm³/mol. The van der Waals surface area contributed by atoms with Gasteiger partial charge in [0.15, 0.2) is 0 Å². The molecule has 0 saturated heterocycles. The van der Waals surface area contributed by atoms with Gasteiger partial charge < -0.3 is 10.1 Å². The molecule has 112 valence electrons. The molecule has 1 N–H and O–H groups in total. The van der Waals surface area contributed by atoms with Crippen molar-refractivity contribution >= 4 is 5.69 Å². The summed E-state index contributed by atoms with van der Waals surface area (Å²) in [6.07, 6.45) is 0. The maximum atomic E-state index is 5.73. The van der Waals surface area contributed by atoms with Gasteiger partial charge in [0, 0.05) is 11.3 Å². The molecule has 0 aliphatic carbocycles. The highest BCUT2D eigenvalue weighted by atomic mass is 16.5. The van der Waals surface area contributed by atoms with Crippen molar-refractivity contribution in [2.75, 3.05) is 11.9 Å². The molecule has 0 saturated carbocycles. The maximum Gasteiger partial charge on any atom is 0.124 e. The van der Waals surface area contributed by atoms with Gasteiger partial charge in [-0.1, -0.05) is 50.2 Å². The molecule has 0 aliphatic heterocycles. The summed E-state index contributed by atoms with van der Waals surface area (Å²) < 4.78 is 5.73. The molecule has 0 amide bonds. The largest absolute Gasteiger partial charge is 0.494 e. The summed E-state index contributed by atoms with van der Waals surface area (Å²) in [5.74, 6) is 1.46. The zero-order valence-corrected chi connectivity index (χ0v) is 13.4. The van der Waals surface area contributed by atoms with Gasteiger partial charge in [-0.05, 0) is 37.5 Å². The first-order chi connectivity index (χ1) is 10.1. The van der Waals surface area contributed by atoms with Gasteiger partial charge in [0.05, 0.1) is 12.6 Å². The van der Waals surface area contributed by atoms with E-state index >= 15 is 0 Å². The number of rotatable bonds is 6. The topological polar surface area (TPSA) is 21.3 Å². The Balaban J connectivity index is 2.24. The zero-order chi connectivity index (χ0) is 15.2. The summed E-state index contributed by atoms with van der Waals surface area (Å²) in [5.41, 5.74) is 3.74. The number of para-hydroxylation sites is 2. The van der Waals surface area contributed by atoms with E-state index in [0.717, 1.165) is 5.75 Å². The van der Waals surface area contributed by atoms with Crippen LogP contribution in [0.15, 0.2) is 48.5 Å². The molecule has 1 unspecified atom stereocenters. The first kappa shape index (κ1) is 15.4. The van der Waals surface area contributed by atoms with E-state index in [1.807, 2.05) is 19.1 Å². The van der Waals surface area contributed by atoms with E-state index in [0.29, 0.717) is 12.5 Å². The maximum absolute atomic E-state index is 5.73. The van der Waals surface area contributed by atoms with Crippen molar-refractivity contribution in [3.05, 3.63) is 59.7 Å². The van der Waals surface area contributed by atoms with E-state index in [1.165, 1.54) is 16.8 Å². The number of benzene rings is 2. The van der Waals surface area contributed by atoms with Crippen LogP contribution in [0, 0.1) is 0 Å². The highest BCUT2D eigenvalue weighted by Crippen LogP contribution is 2.31. The Kier molecular flexibility index (Phi) is 5.26. The van der Waals surface area contributed by atoms with Crippen molar-refractivity contribution in [3.63, 3.8) is 0 Å². The van der Waals surface area contributed by atoms with Gasteiger partial charge in [-0.25, -0.2) is 0 Å². The monoisotopic (exact) mass is 283 g/mol. The van der Waals surface area contributed by atoms with Crippen molar-refractivity contribution < 1.29 is 4.74 Å². The van der Waals surface area contributed by atoms with Gasteiger partial charge in [0.25, 0.3) is 0 Å².